The van der Waals surface area contributed by atoms with Crippen molar-refractivity contribution in [1.82, 2.24) is 4.90 Å². The fraction of sp³-hybridized carbons (Fsp3) is 1.00. The first-order valence-electron chi connectivity index (χ1n) is 2.99. The zero-order chi connectivity index (χ0) is 8.20. The van der Waals surface area contributed by atoms with Gasteiger partial charge in [-0.2, -0.15) is 8.42 Å². The molecule has 0 atom stereocenters. The monoisotopic (exact) mass is 169 g/mol. The van der Waals surface area contributed by atoms with E-state index < -0.39 is 10.2 Å². The molecule has 0 N–H and O–H groups in total. The van der Waals surface area contributed by atoms with Crippen molar-refractivity contribution in [2.75, 3.05) is 26.4 Å². The van der Waals surface area contributed by atoms with E-state index in [0.717, 1.165) is 0 Å². The Balaban J connectivity index is 3.39. The normalized spacial score (nSPS) is 12.4. The first-order valence-corrected chi connectivity index (χ1v) is 4.54. The minimum Gasteiger partial charge on any atom is -0.309 e. The van der Waals surface area contributed by atoms with Gasteiger partial charge in [0, 0.05) is 0 Å². The van der Waals surface area contributed by atoms with E-state index in [1.807, 2.05) is 19.0 Å². The van der Waals surface area contributed by atoms with E-state index in [1.54, 1.807) is 0 Å². The largest absolute Gasteiger partial charge is 0.309 e. The molecular formula is C5H12FNO2S. The summed E-state index contributed by atoms with van der Waals surface area (Å²) in [7, 11) is -0.626. The molecule has 0 aromatic heterocycles. The predicted octanol–water partition coefficient (Wildman–Crippen LogP) is 0.237. The fourth-order valence-electron chi connectivity index (χ4n) is 0.553. The molecule has 0 aliphatic carbocycles. The molecular weight excluding hydrogens is 157 g/mol. The third kappa shape index (κ3) is 7.84. The van der Waals surface area contributed by atoms with E-state index in [4.69, 9.17) is 0 Å². The SMILES string of the molecule is CN(C)CCCS(=O)(=O)F. The summed E-state index contributed by atoms with van der Waals surface area (Å²) in [6.07, 6.45) is 0.353. The summed E-state index contributed by atoms with van der Waals surface area (Å²) in [5.74, 6) is -0.370. The molecule has 0 spiro atoms. The lowest BCUT2D eigenvalue weighted by molar-refractivity contribution is 0.407. The topological polar surface area (TPSA) is 37.4 Å². The molecule has 5 heteroatoms. The summed E-state index contributed by atoms with van der Waals surface area (Å²) in [6.45, 7) is 0.600. The Bertz CT molecular complexity index is 176. The van der Waals surface area contributed by atoms with Crippen LogP contribution in [-0.4, -0.2) is 39.7 Å². The molecule has 0 rings (SSSR count). The lowest BCUT2D eigenvalue weighted by atomic mass is 10.5. The van der Waals surface area contributed by atoms with Gasteiger partial charge in [-0.25, -0.2) is 0 Å². The van der Waals surface area contributed by atoms with Crippen molar-refractivity contribution in [3.8, 4) is 0 Å². The molecule has 0 heterocycles. The molecule has 0 fully saturated rings. The van der Waals surface area contributed by atoms with E-state index in [2.05, 4.69) is 0 Å². The standard InChI is InChI=1S/C5H12FNO2S/c1-7(2)4-3-5-10(6,8)9/h3-5H2,1-2H3. The lowest BCUT2D eigenvalue weighted by Gasteiger charge is -2.06. The van der Waals surface area contributed by atoms with Gasteiger partial charge in [-0.15, -0.1) is 3.89 Å². The van der Waals surface area contributed by atoms with Gasteiger partial charge in [0.2, 0.25) is 0 Å². The molecule has 62 valence electrons. The molecule has 0 aromatic carbocycles. The van der Waals surface area contributed by atoms with Crippen LogP contribution in [0.15, 0.2) is 0 Å². The van der Waals surface area contributed by atoms with Crippen LogP contribution in [-0.2, 0) is 10.2 Å². The maximum absolute atomic E-state index is 11.8. The van der Waals surface area contributed by atoms with Gasteiger partial charge in [-0.3, -0.25) is 0 Å². The second-order valence-corrected chi connectivity index (χ2v) is 3.89. The third-order valence-corrected chi connectivity index (χ3v) is 1.77. The van der Waals surface area contributed by atoms with E-state index in [0.29, 0.717) is 13.0 Å². The Kier molecular flexibility index (Phi) is 3.81. The van der Waals surface area contributed by atoms with Crippen LogP contribution < -0.4 is 0 Å². The maximum Gasteiger partial charge on any atom is 0.302 e. The quantitative estimate of drug-likeness (QED) is 0.566. The van der Waals surface area contributed by atoms with Gasteiger partial charge in [-0.1, -0.05) is 0 Å². The highest BCUT2D eigenvalue weighted by Gasteiger charge is 2.05. The second kappa shape index (κ2) is 3.88. The summed E-state index contributed by atoms with van der Waals surface area (Å²) in [4.78, 5) is 1.81. The zero-order valence-electron chi connectivity index (χ0n) is 6.17. The Morgan fingerprint density at radius 1 is 1.40 bits per heavy atom. The number of halogens is 1. The van der Waals surface area contributed by atoms with E-state index in [9.17, 15) is 12.3 Å². The average molecular weight is 169 g/mol. The first-order chi connectivity index (χ1) is 4.42. The van der Waals surface area contributed by atoms with Crippen molar-refractivity contribution in [3.63, 3.8) is 0 Å². The Morgan fingerprint density at radius 2 is 1.90 bits per heavy atom. The molecule has 0 unspecified atom stereocenters. The molecule has 3 nitrogen and oxygen atoms in total. The van der Waals surface area contributed by atoms with Gasteiger partial charge in [0.25, 0.3) is 0 Å². The zero-order valence-corrected chi connectivity index (χ0v) is 6.99. The summed E-state index contributed by atoms with van der Waals surface area (Å²) < 4.78 is 31.6. The van der Waals surface area contributed by atoms with Crippen molar-refractivity contribution < 1.29 is 12.3 Å². The highest BCUT2D eigenvalue weighted by molar-refractivity contribution is 7.86. The summed E-state index contributed by atoms with van der Waals surface area (Å²) in [5, 5.41) is 0. The molecule has 0 radical (unpaired) electrons. The van der Waals surface area contributed by atoms with Crippen LogP contribution in [0.4, 0.5) is 3.89 Å². The van der Waals surface area contributed by atoms with Crippen LogP contribution in [0.25, 0.3) is 0 Å². The van der Waals surface area contributed by atoms with Crippen LogP contribution in [0, 0.1) is 0 Å². The van der Waals surface area contributed by atoms with Crippen LogP contribution in [0.5, 0.6) is 0 Å². The Hall–Kier alpha value is -0.160. The van der Waals surface area contributed by atoms with Crippen molar-refractivity contribution in [2.24, 2.45) is 0 Å². The number of rotatable bonds is 4. The number of hydrogen-bond donors (Lipinski definition) is 0. The van der Waals surface area contributed by atoms with Gasteiger partial charge in [0.15, 0.2) is 0 Å². The molecule has 0 aliphatic heterocycles. The van der Waals surface area contributed by atoms with Crippen molar-refractivity contribution in [3.05, 3.63) is 0 Å². The van der Waals surface area contributed by atoms with Crippen LogP contribution in [0.2, 0.25) is 0 Å². The minimum absolute atomic E-state index is 0.353. The van der Waals surface area contributed by atoms with E-state index >= 15 is 0 Å². The first kappa shape index (κ1) is 9.84. The Morgan fingerprint density at radius 3 is 2.20 bits per heavy atom. The van der Waals surface area contributed by atoms with Gasteiger partial charge in [-0.05, 0) is 27.1 Å². The van der Waals surface area contributed by atoms with Gasteiger partial charge < -0.3 is 4.90 Å². The summed E-state index contributed by atoms with van der Waals surface area (Å²) in [6, 6.07) is 0. The highest BCUT2D eigenvalue weighted by Crippen LogP contribution is 1.94. The smallest absolute Gasteiger partial charge is 0.302 e. The van der Waals surface area contributed by atoms with E-state index in [1.165, 1.54) is 0 Å². The minimum atomic E-state index is -4.25. The summed E-state index contributed by atoms with van der Waals surface area (Å²) in [5.41, 5.74) is 0. The Labute approximate surface area is 61.0 Å². The van der Waals surface area contributed by atoms with Crippen molar-refractivity contribution in [1.29, 1.82) is 0 Å². The maximum atomic E-state index is 11.8. The van der Waals surface area contributed by atoms with Gasteiger partial charge >= 0.3 is 10.2 Å². The number of nitrogens with zero attached hydrogens (tertiary/aromatic N) is 1. The second-order valence-electron chi connectivity index (χ2n) is 2.40. The van der Waals surface area contributed by atoms with Crippen molar-refractivity contribution in [2.45, 2.75) is 6.42 Å². The third-order valence-electron chi connectivity index (χ3n) is 0.993. The fourth-order valence-corrected chi connectivity index (χ4v) is 1.03. The molecule has 0 saturated heterocycles. The molecule has 0 aliphatic rings. The van der Waals surface area contributed by atoms with Gasteiger partial charge in [0.1, 0.15) is 0 Å². The van der Waals surface area contributed by atoms with Crippen LogP contribution in [0.3, 0.4) is 0 Å². The van der Waals surface area contributed by atoms with Crippen LogP contribution >= 0.6 is 0 Å². The molecule has 10 heavy (non-hydrogen) atoms. The van der Waals surface area contributed by atoms with Crippen LogP contribution in [0.1, 0.15) is 6.42 Å². The van der Waals surface area contributed by atoms with Gasteiger partial charge in [0.05, 0.1) is 5.75 Å². The predicted molar refractivity (Wildman–Crippen MR) is 38.1 cm³/mol. The van der Waals surface area contributed by atoms with E-state index in [-0.39, 0.29) is 5.75 Å². The molecule has 0 bridgehead atoms. The average Bonchev–Trinajstić information content (AvgIpc) is 1.59. The van der Waals surface area contributed by atoms with Crippen molar-refractivity contribution >= 4 is 10.2 Å². The highest BCUT2D eigenvalue weighted by atomic mass is 32.3. The lowest BCUT2D eigenvalue weighted by Crippen LogP contribution is -2.15. The summed E-state index contributed by atoms with van der Waals surface area (Å²) >= 11 is 0. The molecule has 0 amide bonds. The molecule has 0 saturated carbocycles. The molecule has 0 aromatic rings. The number of hydrogen-bond acceptors (Lipinski definition) is 3.